The highest BCUT2D eigenvalue weighted by atomic mass is 16.5. The molecule has 22 heavy (non-hydrogen) atoms. The Kier molecular flexibility index (Phi) is 4.54. The van der Waals surface area contributed by atoms with Gasteiger partial charge in [-0.15, -0.1) is 0 Å². The molecule has 2 aromatic heterocycles. The summed E-state index contributed by atoms with van der Waals surface area (Å²) in [6, 6.07) is 0.167. The zero-order valence-electron chi connectivity index (χ0n) is 13.4. The Hall–Kier alpha value is -1.73. The van der Waals surface area contributed by atoms with Gasteiger partial charge in [-0.3, -0.25) is 9.58 Å². The van der Waals surface area contributed by atoms with Crippen molar-refractivity contribution < 1.29 is 9.26 Å². The lowest BCUT2D eigenvalue weighted by atomic mass is 10.1. The molecule has 3 heterocycles. The van der Waals surface area contributed by atoms with Crippen LogP contribution in [0.15, 0.2) is 16.9 Å². The Morgan fingerprint density at radius 3 is 2.95 bits per heavy atom. The van der Waals surface area contributed by atoms with Gasteiger partial charge in [-0.2, -0.15) is 10.1 Å². The van der Waals surface area contributed by atoms with Gasteiger partial charge in [0.15, 0.2) is 5.82 Å². The average Bonchev–Trinajstić information content (AvgIpc) is 3.19. The van der Waals surface area contributed by atoms with Crippen LogP contribution in [0.2, 0.25) is 0 Å². The van der Waals surface area contributed by atoms with Crippen molar-refractivity contribution in [2.24, 2.45) is 7.05 Å². The second kappa shape index (κ2) is 6.58. The Bertz CT molecular complexity index is 609. The van der Waals surface area contributed by atoms with Crippen molar-refractivity contribution >= 4 is 0 Å². The van der Waals surface area contributed by atoms with E-state index in [4.69, 9.17) is 9.26 Å². The standard InChI is InChI=1S/C15H23N5O2/c1-11-17-15(22-18-11)14-7-13(21-3)10-20(14)6-4-5-12-8-16-19(2)9-12/h8-9,13-14H,4-7,10H2,1-3H3/t13-,14-/m1/s1. The first kappa shape index (κ1) is 15.2. The molecule has 2 atom stereocenters. The van der Waals surface area contributed by atoms with Crippen molar-refractivity contribution in [3.05, 3.63) is 29.7 Å². The number of hydrogen-bond donors (Lipinski definition) is 0. The van der Waals surface area contributed by atoms with E-state index >= 15 is 0 Å². The van der Waals surface area contributed by atoms with Gasteiger partial charge in [0.2, 0.25) is 5.89 Å². The van der Waals surface area contributed by atoms with Gasteiger partial charge in [0.1, 0.15) is 0 Å². The van der Waals surface area contributed by atoms with Crippen molar-refractivity contribution in [1.29, 1.82) is 0 Å². The van der Waals surface area contributed by atoms with E-state index < -0.39 is 0 Å². The Balaban J connectivity index is 1.59. The van der Waals surface area contributed by atoms with Gasteiger partial charge in [0.05, 0.1) is 18.3 Å². The smallest absolute Gasteiger partial charge is 0.244 e. The number of aromatic nitrogens is 4. The van der Waals surface area contributed by atoms with Gasteiger partial charge in [0.25, 0.3) is 0 Å². The minimum Gasteiger partial charge on any atom is -0.380 e. The Morgan fingerprint density at radius 1 is 1.45 bits per heavy atom. The maximum Gasteiger partial charge on any atom is 0.244 e. The highest BCUT2D eigenvalue weighted by Gasteiger charge is 2.36. The second-order valence-corrected chi connectivity index (χ2v) is 5.91. The van der Waals surface area contributed by atoms with Gasteiger partial charge in [-0.25, -0.2) is 0 Å². The van der Waals surface area contributed by atoms with Crippen LogP contribution in [0.5, 0.6) is 0 Å². The largest absolute Gasteiger partial charge is 0.380 e. The molecule has 3 rings (SSSR count). The third kappa shape index (κ3) is 3.36. The summed E-state index contributed by atoms with van der Waals surface area (Å²) in [5, 5.41) is 8.12. The van der Waals surface area contributed by atoms with E-state index in [2.05, 4.69) is 26.3 Å². The van der Waals surface area contributed by atoms with Gasteiger partial charge in [-0.05, 0) is 38.3 Å². The second-order valence-electron chi connectivity index (χ2n) is 5.91. The zero-order valence-corrected chi connectivity index (χ0v) is 13.4. The van der Waals surface area contributed by atoms with Crippen LogP contribution in [-0.4, -0.2) is 51.1 Å². The van der Waals surface area contributed by atoms with Crippen LogP contribution < -0.4 is 0 Å². The van der Waals surface area contributed by atoms with Gasteiger partial charge in [0, 0.05) is 26.9 Å². The van der Waals surface area contributed by atoms with Crippen LogP contribution in [0.25, 0.3) is 0 Å². The monoisotopic (exact) mass is 305 g/mol. The molecular weight excluding hydrogens is 282 g/mol. The Labute approximate surface area is 130 Å². The molecule has 0 saturated carbocycles. The fraction of sp³-hybridized carbons (Fsp3) is 0.667. The molecule has 0 bridgehead atoms. The first-order chi connectivity index (χ1) is 10.7. The molecule has 1 fully saturated rings. The van der Waals surface area contributed by atoms with E-state index in [0.29, 0.717) is 11.7 Å². The molecule has 0 aromatic carbocycles. The molecule has 7 nitrogen and oxygen atoms in total. The predicted octanol–water partition coefficient (Wildman–Crippen LogP) is 1.51. The summed E-state index contributed by atoms with van der Waals surface area (Å²) >= 11 is 0. The van der Waals surface area contributed by atoms with Gasteiger partial charge < -0.3 is 9.26 Å². The first-order valence-electron chi connectivity index (χ1n) is 7.70. The van der Waals surface area contributed by atoms with Crippen molar-refractivity contribution in [3.8, 4) is 0 Å². The fourth-order valence-electron chi connectivity index (χ4n) is 3.07. The molecular formula is C15H23N5O2. The lowest BCUT2D eigenvalue weighted by Gasteiger charge is -2.20. The number of nitrogens with zero attached hydrogens (tertiary/aromatic N) is 5. The lowest BCUT2D eigenvalue weighted by molar-refractivity contribution is 0.108. The zero-order chi connectivity index (χ0) is 15.5. The number of hydrogen-bond acceptors (Lipinski definition) is 6. The number of rotatable bonds is 6. The van der Waals surface area contributed by atoms with Gasteiger partial charge >= 0.3 is 0 Å². The molecule has 2 aromatic rings. The molecule has 1 aliphatic heterocycles. The molecule has 1 saturated heterocycles. The summed E-state index contributed by atoms with van der Waals surface area (Å²) in [6.45, 7) is 3.75. The van der Waals surface area contributed by atoms with Crippen LogP contribution in [-0.2, 0) is 18.2 Å². The molecule has 0 amide bonds. The van der Waals surface area contributed by atoms with E-state index in [0.717, 1.165) is 32.4 Å². The fourth-order valence-corrected chi connectivity index (χ4v) is 3.07. The maximum absolute atomic E-state index is 5.52. The van der Waals surface area contributed by atoms with Gasteiger partial charge in [-0.1, -0.05) is 5.16 Å². The normalized spacial score (nSPS) is 22.5. The SMILES string of the molecule is CO[C@@H]1C[C@H](c2nc(C)no2)N(CCCc2cnn(C)c2)C1. The van der Waals surface area contributed by atoms with Crippen molar-refractivity contribution in [2.75, 3.05) is 20.2 Å². The van der Waals surface area contributed by atoms with Crippen molar-refractivity contribution in [2.45, 2.75) is 38.3 Å². The first-order valence-corrected chi connectivity index (χ1v) is 7.70. The van der Waals surface area contributed by atoms with Crippen LogP contribution in [0.4, 0.5) is 0 Å². The van der Waals surface area contributed by atoms with E-state index in [1.54, 1.807) is 7.11 Å². The van der Waals surface area contributed by atoms with E-state index in [-0.39, 0.29) is 12.1 Å². The lowest BCUT2D eigenvalue weighted by Crippen LogP contribution is -2.26. The molecule has 0 spiro atoms. The molecule has 0 aliphatic carbocycles. The van der Waals surface area contributed by atoms with E-state index in [9.17, 15) is 0 Å². The van der Waals surface area contributed by atoms with Crippen LogP contribution >= 0.6 is 0 Å². The summed E-state index contributed by atoms with van der Waals surface area (Å²) in [6.07, 6.45) is 7.24. The van der Waals surface area contributed by atoms with E-state index in [1.165, 1.54) is 5.56 Å². The number of aryl methyl sites for hydroxylation is 3. The summed E-state index contributed by atoms with van der Waals surface area (Å²) < 4.78 is 12.7. The summed E-state index contributed by atoms with van der Waals surface area (Å²) in [7, 11) is 3.71. The maximum atomic E-state index is 5.52. The van der Waals surface area contributed by atoms with Crippen LogP contribution in [0.1, 0.15) is 36.2 Å². The Morgan fingerprint density at radius 2 is 2.32 bits per heavy atom. The average molecular weight is 305 g/mol. The third-order valence-electron chi connectivity index (χ3n) is 4.20. The minimum atomic E-state index is 0.167. The number of ether oxygens (including phenoxy) is 1. The number of methoxy groups -OCH3 is 1. The molecule has 7 heteroatoms. The molecule has 0 radical (unpaired) electrons. The van der Waals surface area contributed by atoms with Crippen molar-refractivity contribution in [3.63, 3.8) is 0 Å². The topological polar surface area (TPSA) is 69.2 Å². The molecule has 1 aliphatic rings. The number of likely N-dealkylation sites (tertiary alicyclic amines) is 1. The third-order valence-corrected chi connectivity index (χ3v) is 4.20. The van der Waals surface area contributed by atoms with E-state index in [1.807, 2.05) is 24.9 Å². The highest BCUT2D eigenvalue weighted by Crippen LogP contribution is 2.32. The quantitative estimate of drug-likeness (QED) is 0.805. The molecule has 0 unspecified atom stereocenters. The van der Waals surface area contributed by atoms with Crippen molar-refractivity contribution in [1.82, 2.24) is 24.8 Å². The van der Waals surface area contributed by atoms with Crippen LogP contribution in [0.3, 0.4) is 0 Å². The van der Waals surface area contributed by atoms with Crippen LogP contribution in [0, 0.1) is 6.92 Å². The summed E-state index contributed by atoms with van der Waals surface area (Å²) in [4.78, 5) is 6.78. The molecule has 0 N–H and O–H groups in total. The summed E-state index contributed by atoms with van der Waals surface area (Å²) in [5.74, 6) is 1.39. The minimum absolute atomic E-state index is 0.167. The molecule has 120 valence electrons. The predicted molar refractivity (Wildman–Crippen MR) is 80.3 cm³/mol. The summed E-state index contributed by atoms with van der Waals surface area (Å²) in [5.41, 5.74) is 1.27. The highest BCUT2D eigenvalue weighted by molar-refractivity contribution is 5.04.